The zero-order chi connectivity index (χ0) is 25.3. The van der Waals surface area contributed by atoms with Crippen LogP contribution in [0.2, 0.25) is 0 Å². The Hall–Kier alpha value is -4.42. The number of fused-ring (bicyclic) bond motifs is 3. The van der Waals surface area contributed by atoms with Crippen LogP contribution in [-0.4, -0.2) is 20.1 Å². The molecule has 0 saturated carbocycles. The van der Waals surface area contributed by atoms with Crippen LogP contribution in [0, 0.1) is 14.0 Å². The fraction of sp³-hybridized carbons (Fsp3) is 0.0345. The van der Waals surface area contributed by atoms with Gasteiger partial charge < -0.3 is 14.1 Å². The van der Waals surface area contributed by atoms with Gasteiger partial charge in [0.05, 0.1) is 29.2 Å². The summed E-state index contributed by atoms with van der Waals surface area (Å²) in [5.41, 5.74) is 3.51. The second-order valence-electron chi connectivity index (χ2n) is 7.68. The van der Waals surface area contributed by atoms with E-state index in [1.807, 2.05) is 59.3 Å². The molecular formula is C29H24N4O3Ru+. The van der Waals surface area contributed by atoms with Crippen LogP contribution in [-0.2, 0) is 19.5 Å². The van der Waals surface area contributed by atoms with Crippen molar-refractivity contribution in [2.75, 3.05) is 0 Å². The minimum absolute atomic E-state index is 0. The van der Waals surface area contributed by atoms with E-state index in [0.717, 1.165) is 33.2 Å². The number of aromatic nitrogens is 4. The Balaban J connectivity index is 0.000000156. The summed E-state index contributed by atoms with van der Waals surface area (Å²) in [5, 5.41) is 11.1. The molecule has 5 heterocycles. The summed E-state index contributed by atoms with van der Waals surface area (Å²) in [7, 11) is 3.87. The molecule has 6 rings (SSSR count). The third-order valence-electron chi connectivity index (χ3n) is 5.24. The summed E-state index contributed by atoms with van der Waals surface area (Å²) >= 11 is 0. The van der Waals surface area contributed by atoms with E-state index >= 15 is 0 Å². The van der Waals surface area contributed by atoms with Gasteiger partial charge in [0.25, 0.3) is 0 Å². The van der Waals surface area contributed by atoms with Crippen LogP contribution < -0.4 is 10.00 Å². The molecule has 1 radical (unpaired) electrons. The van der Waals surface area contributed by atoms with Crippen LogP contribution in [0.15, 0.2) is 119 Å². The van der Waals surface area contributed by atoms with Crippen LogP contribution in [0.1, 0.15) is 5.76 Å². The van der Waals surface area contributed by atoms with Crippen molar-refractivity contribution in [1.29, 1.82) is 0 Å². The summed E-state index contributed by atoms with van der Waals surface area (Å²) in [5.74, 6) is -0.0556. The van der Waals surface area contributed by atoms with Crippen LogP contribution in [0.25, 0.3) is 33.2 Å². The second-order valence-corrected chi connectivity index (χ2v) is 7.68. The monoisotopic (exact) mass is 578 g/mol. The van der Waals surface area contributed by atoms with Crippen LogP contribution >= 0.6 is 0 Å². The van der Waals surface area contributed by atoms with Crippen LogP contribution in [0.5, 0.6) is 5.75 Å². The van der Waals surface area contributed by atoms with Gasteiger partial charge in [0.15, 0.2) is 0 Å². The van der Waals surface area contributed by atoms with E-state index in [-0.39, 0.29) is 31.0 Å². The molecule has 0 bridgehead atoms. The van der Waals surface area contributed by atoms with Crippen molar-refractivity contribution in [2.45, 2.75) is 6.92 Å². The Labute approximate surface area is 226 Å². The quantitative estimate of drug-likeness (QED) is 0.126. The molecule has 0 spiro atoms. The number of rotatable bonds is 1. The van der Waals surface area contributed by atoms with Crippen molar-refractivity contribution >= 4 is 21.8 Å². The van der Waals surface area contributed by atoms with Crippen molar-refractivity contribution in [3.63, 3.8) is 0 Å². The predicted molar refractivity (Wildman–Crippen MR) is 139 cm³/mol. The maximum absolute atomic E-state index is 10.5. The van der Waals surface area contributed by atoms with Crippen molar-refractivity contribution in [3.8, 4) is 17.1 Å². The smallest absolute Gasteiger partial charge is 0.502 e. The Morgan fingerprint density at radius 2 is 1.41 bits per heavy atom. The van der Waals surface area contributed by atoms with Crippen LogP contribution in [0.3, 0.4) is 0 Å². The van der Waals surface area contributed by atoms with Gasteiger partial charge in [-0.2, -0.15) is 0 Å². The molecule has 0 aliphatic heterocycles. The molecule has 37 heavy (non-hydrogen) atoms. The van der Waals surface area contributed by atoms with Gasteiger partial charge in [-0.3, -0.25) is 19.7 Å². The normalized spacial score (nSPS) is 9.86. The zero-order valence-electron chi connectivity index (χ0n) is 20.0. The van der Waals surface area contributed by atoms with Gasteiger partial charge in [-0.05, 0) is 37.3 Å². The first-order valence-corrected chi connectivity index (χ1v) is 11.1. The molecule has 7 nitrogen and oxygen atoms in total. The summed E-state index contributed by atoms with van der Waals surface area (Å²) in [6.45, 7) is 1.52. The van der Waals surface area contributed by atoms with Gasteiger partial charge in [-0.1, -0.05) is 42.5 Å². The van der Waals surface area contributed by atoms with E-state index in [1.54, 1.807) is 18.6 Å². The Morgan fingerprint density at radius 1 is 0.784 bits per heavy atom. The van der Waals surface area contributed by atoms with Gasteiger partial charge in [-0.15, -0.1) is 0 Å². The Kier molecular flexibility index (Phi) is 9.58. The van der Waals surface area contributed by atoms with Gasteiger partial charge in [0, 0.05) is 42.5 Å². The number of nitrogens with zero attached hydrogens (tertiary/aromatic N) is 4. The molecule has 1 aromatic carbocycles. The van der Waals surface area contributed by atoms with Crippen molar-refractivity contribution in [2.24, 2.45) is 0 Å². The van der Waals surface area contributed by atoms with E-state index in [2.05, 4.69) is 50.7 Å². The number of benzene rings is 1. The maximum Gasteiger partial charge on any atom is 1.00 e. The molecule has 185 valence electrons. The SMILES string of the molecule is Cc1occc(=O)c1O.[CH2-][n+]1ccccc1-c1ccccn1.[Ru+].c1cnc2c(c1)ccc1cccnc12. The first kappa shape index (κ1) is 27.2. The van der Waals surface area contributed by atoms with Gasteiger partial charge >= 0.3 is 19.5 Å². The summed E-state index contributed by atoms with van der Waals surface area (Å²) in [4.78, 5) is 23.5. The number of hydrogen-bond acceptors (Lipinski definition) is 6. The Bertz CT molecular complexity index is 1600. The molecule has 5 aromatic heterocycles. The minimum Gasteiger partial charge on any atom is -0.502 e. The molecule has 6 aromatic rings. The standard InChI is InChI=1S/C12H8N2.C11H10N2.C6H6O3.Ru/c1-3-9-5-6-10-4-2-8-14-12(10)11(9)13-7-1;1-13-9-5-3-7-11(13)10-6-2-4-8-12-10;1-4-6(8)5(7)2-3-9-4;/h1-8H;2-9H,1H2;2-3,8H,1H3;/q;;;+1. The molecule has 1 N–H and O–H groups in total. The predicted octanol–water partition coefficient (Wildman–Crippen LogP) is 5.11. The molecule has 0 unspecified atom stereocenters. The summed E-state index contributed by atoms with van der Waals surface area (Å²) in [6.07, 6.45) is 8.54. The number of aryl methyl sites for hydroxylation is 1. The molecular weight excluding hydrogens is 553 g/mol. The van der Waals surface area contributed by atoms with E-state index in [1.165, 1.54) is 19.3 Å². The second kappa shape index (κ2) is 13.0. The summed E-state index contributed by atoms with van der Waals surface area (Å²) < 4.78 is 6.50. The van der Waals surface area contributed by atoms with E-state index < -0.39 is 5.43 Å². The fourth-order valence-corrected chi connectivity index (χ4v) is 3.41. The van der Waals surface area contributed by atoms with Crippen molar-refractivity contribution in [3.05, 3.63) is 133 Å². The molecule has 0 atom stereocenters. The van der Waals surface area contributed by atoms with Crippen molar-refractivity contribution in [1.82, 2.24) is 15.0 Å². The molecule has 0 aliphatic carbocycles. The number of hydrogen-bond donors (Lipinski definition) is 1. The minimum atomic E-state index is -0.404. The van der Waals surface area contributed by atoms with Gasteiger partial charge in [0.1, 0.15) is 11.5 Å². The average molecular weight is 578 g/mol. The molecule has 0 aliphatic rings. The molecule has 0 fully saturated rings. The average Bonchev–Trinajstić information content (AvgIpc) is 2.93. The largest absolute Gasteiger partial charge is 1.00 e. The zero-order valence-corrected chi connectivity index (χ0v) is 21.7. The van der Waals surface area contributed by atoms with E-state index in [9.17, 15) is 4.79 Å². The Morgan fingerprint density at radius 3 is 1.95 bits per heavy atom. The number of aromatic hydroxyl groups is 1. The first-order valence-electron chi connectivity index (χ1n) is 11.1. The van der Waals surface area contributed by atoms with Gasteiger partial charge in [0.2, 0.25) is 11.2 Å². The van der Waals surface area contributed by atoms with Crippen LogP contribution in [0.4, 0.5) is 0 Å². The third-order valence-corrected chi connectivity index (χ3v) is 5.24. The van der Waals surface area contributed by atoms with E-state index in [4.69, 9.17) is 5.11 Å². The topological polar surface area (TPSA) is 93.0 Å². The molecule has 0 amide bonds. The molecule has 0 saturated heterocycles. The van der Waals surface area contributed by atoms with E-state index in [0.29, 0.717) is 0 Å². The first-order chi connectivity index (χ1) is 17.5. The maximum atomic E-state index is 10.5. The van der Waals surface area contributed by atoms with Gasteiger partial charge in [-0.25, -0.2) is 0 Å². The van der Waals surface area contributed by atoms with Crippen molar-refractivity contribution < 1.29 is 33.6 Å². The summed E-state index contributed by atoms with van der Waals surface area (Å²) in [6, 6.07) is 25.1. The fourth-order valence-electron chi connectivity index (χ4n) is 3.41. The molecule has 8 heteroatoms. The third kappa shape index (κ3) is 6.84. The number of pyridine rings is 4.